The van der Waals surface area contributed by atoms with Crippen molar-refractivity contribution in [3.05, 3.63) is 0 Å². The first-order valence-corrected chi connectivity index (χ1v) is 10.3. The van der Waals surface area contributed by atoms with Crippen molar-refractivity contribution in [2.24, 2.45) is 0 Å². The zero-order chi connectivity index (χ0) is 8.08. The van der Waals surface area contributed by atoms with E-state index < -0.39 is 18.3 Å². The minimum Gasteiger partial charge on any atom is 0 e. The molecule has 2 nitrogen and oxygen atoms in total. The Morgan fingerprint density at radius 3 is 1.30 bits per heavy atom. The summed E-state index contributed by atoms with van der Waals surface area (Å²) in [5.74, 6) is -0.833. The molecule has 0 aromatic rings. The van der Waals surface area contributed by atoms with Crippen LogP contribution in [0.5, 0.6) is 0 Å². The largest absolute Gasteiger partial charge is 0 e. The minimum absolute atomic E-state index is 0. The van der Waals surface area contributed by atoms with E-state index in [9.17, 15) is 0 Å². The van der Waals surface area contributed by atoms with Crippen LogP contribution in [0.25, 0.3) is 0 Å². The van der Waals surface area contributed by atoms with Crippen LogP contribution >= 0.6 is 37.2 Å². The fraction of sp³-hybridized carbons (Fsp3) is 0.500. The van der Waals surface area contributed by atoms with Gasteiger partial charge in [-0.15, -0.1) is 0 Å². The van der Waals surface area contributed by atoms with Crippen LogP contribution in [0.4, 0.5) is 0 Å². The Balaban J connectivity index is -0.0000000910. The van der Waals surface area contributed by atoms with Crippen LogP contribution in [0.2, 0.25) is 0 Å². The second-order valence-corrected chi connectivity index (χ2v) is 16.4. The molecule has 0 fully saturated rings. The third-order valence-corrected chi connectivity index (χ3v) is 0. The summed E-state index contributed by atoms with van der Waals surface area (Å²) in [6.45, 7) is 1.08. The summed E-state index contributed by atoms with van der Waals surface area (Å²) in [4.78, 5) is 9.00. The number of aliphatic carboxylic acids is 1. The van der Waals surface area contributed by atoms with Crippen LogP contribution in [0.3, 0.4) is 0 Å². The molecular formula is C2H4Cl4NiO2Ti. The molecule has 0 aliphatic carbocycles. The molecule has 0 spiro atoms. The first-order valence-electron chi connectivity index (χ1n) is 1.68. The molecule has 66 valence electrons. The van der Waals surface area contributed by atoms with E-state index in [2.05, 4.69) is 0 Å². The zero-order valence-electron chi connectivity index (χ0n) is 4.68. The topological polar surface area (TPSA) is 37.3 Å². The molecule has 10 heavy (non-hydrogen) atoms. The predicted octanol–water partition coefficient (Wildman–Crippen LogP) is 2.84. The maximum atomic E-state index is 9.00. The Morgan fingerprint density at radius 2 is 1.30 bits per heavy atom. The number of carboxylic acids is 1. The molecule has 0 aliphatic rings. The van der Waals surface area contributed by atoms with Gasteiger partial charge >= 0.3 is 49.6 Å². The van der Waals surface area contributed by atoms with Crippen LogP contribution < -0.4 is 0 Å². The second-order valence-electron chi connectivity index (χ2n) is 0.948. The first-order chi connectivity index (χ1) is 3.73. The van der Waals surface area contributed by atoms with E-state index >= 15 is 0 Å². The number of carboxylic acid groups (broad SMARTS) is 1. The number of hydrogen-bond donors (Lipinski definition) is 1. The summed E-state index contributed by atoms with van der Waals surface area (Å²) in [7, 11) is 20.1. The summed E-state index contributed by atoms with van der Waals surface area (Å²) in [5, 5.41) is 7.42. The summed E-state index contributed by atoms with van der Waals surface area (Å²) in [6.07, 6.45) is 0. The van der Waals surface area contributed by atoms with E-state index in [1.807, 2.05) is 0 Å². The number of hydrogen-bond acceptors (Lipinski definition) is 1. The monoisotopic (exact) mass is 306 g/mol. The van der Waals surface area contributed by atoms with Gasteiger partial charge in [0.1, 0.15) is 0 Å². The molecule has 8 heteroatoms. The van der Waals surface area contributed by atoms with Gasteiger partial charge in [-0.2, -0.15) is 0 Å². The molecule has 0 radical (unpaired) electrons. The average molecular weight is 308 g/mol. The maximum absolute atomic E-state index is 9.00. The van der Waals surface area contributed by atoms with Gasteiger partial charge in [0.15, 0.2) is 0 Å². The van der Waals surface area contributed by atoms with E-state index in [1.54, 1.807) is 0 Å². The molecule has 0 unspecified atom stereocenters. The molecule has 1 N–H and O–H groups in total. The van der Waals surface area contributed by atoms with Crippen molar-refractivity contribution in [1.29, 1.82) is 0 Å². The van der Waals surface area contributed by atoms with Crippen molar-refractivity contribution in [2.45, 2.75) is 6.92 Å². The van der Waals surface area contributed by atoms with Crippen LogP contribution in [0.15, 0.2) is 0 Å². The normalized spacial score (nSPS) is 8.50. The Labute approximate surface area is 87.9 Å². The van der Waals surface area contributed by atoms with Crippen molar-refractivity contribution < 1.29 is 38.7 Å². The third-order valence-electron chi connectivity index (χ3n) is 0. The molecule has 0 bridgehead atoms. The van der Waals surface area contributed by atoms with E-state index in [-0.39, 0.29) is 16.5 Å². The SMILES string of the molecule is CC(=O)O.[Cl][Ti]([Cl])([Cl])[Cl].[Ni]. The first kappa shape index (κ1) is 17.8. The van der Waals surface area contributed by atoms with Gasteiger partial charge in [0.25, 0.3) is 5.97 Å². The van der Waals surface area contributed by atoms with Crippen molar-refractivity contribution in [3.63, 3.8) is 0 Å². The molecule has 0 aliphatic heterocycles. The van der Waals surface area contributed by atoms with Gasteiger partial charge < -0.3 is 5.11 Å². The van der Waals surface area contributed by atoms with E-state index in [0.717, 1.165) is 6.92 Å². The van der Waals surface area contributed by atoms with Gasteiger partial charge in [0.05, 0.1) is 0 Å². The number of rotatable bonds is 0. The fourth-order valence-corrected chi connectivity index (χ4v) is 0. The standard InChI is InChI=1S/C2H4O2.4ClH.Ni.Ti/c1-2(3)4;;;;;;/h1H3,(H,3,4);4*1H;;/q;;;;;;+4/p-4. The predicted molar refractivity (Wildman–Crippen MR) is 36.7 cm³/mol. The van der Waals surface area contributed by atoms with Gasteiger partial charge in [-0.05, 0) is 0 Å². The average Bonchev–Trinajstić information content (AvgIpc) is 1.19. The molecule has 0 aromatic heterocycles. The van der Waals surface area contributed by atoms with Crippen molar-refractivity contribution in [2.75, 3.05) is 0 Å². The maximum Gasteiger partial charge on any atom is 0 e. The van der Waals surface area contributed by atoms with Crippen LogP contribution in [-0.2, 0) is 33.6 Å². The quantitative estimate of drug-likeness (QED) is 0.699. The van der Waals surface area contributed by atoms with E-state index in [4.69, 9.17) is 47.1 Å². The van der Waals surface area contributed by atoms with Gasteiger partial charge in [0, 0.05) is 23.4 Å². The third kappa shape index (κ3) is 228. The molecule has 0 saturated carbocycles. The fourth-order valence-electron chi connectivity index (χ4n) is 0. The zero-order valence-corrected chi connectivity index (χ0v) is 10.3. The van der Waals surface area contributed by atoms with Crippen molar-refractivity contribution >= 4 is 43.2 Å². The molecular weight excluding hydrogens is 304 g/mol. The Hall–Kier alpha value is 1.84. The Kier molecular flexibility index (Phi) is 15.9. The summed E-state index contributed by atoms with van der Waals surface area (Å²) >= 11 is -3.11. The molecule has 0 amide bonds. The smallest absolute Gasteiger partial charge is 0 e. The summed E-state index contributed by atoms with van der Waals surface area (Å²) in [5.41, 5.74) is 0. The molecule has 0 saturated heterocycles. The van der Waals surface area contributed by atoms with E-state index in [1.165, 1.54) is 0 Å². The molecule has 0 rings (SSSR count). The van der Waals surface area contributed by atoms with Crippen LogP contribution in [0, 0.1) is 0 Å². The molecule has 0 heterocycles. The van der Waals surface area contributed by atoms with Gasteiger partial charge in [-0.1, -0.05) is 0 Å². The molecule has 0 aromatic carbocycles. The van der Waals surface area contributed by atoms with Crippen LogP contribution in [0.1, 0.15) is 6.92 Å². The summed E-state index contributed by atoms with van der Waals surface area (Å²) in [6, 6.07) is 0. The number of halogens is 4. The number of carbonyl (C=O) groups is 1. The van der Waals surface area contributed by atoms with Gasteiger partial charge in [-0.25, -0.2) is 0 Å². The Bertz CT molecular complexity index is 83.7. The van der Waals surface area contributed by atoms with Crippen molar-refractivity contribution in [1.82, 2.24) is 0 Å². The van der Waals surface area contributed by atoms with Gasteiger partial charge in [-0.3, -0.25) is 4.79 Å². The Morgan fingerprint density at radius 1 is 1.30 bits per heavy atom. The molecule has 0 atom stereocenters. The second kappa shape index (κ2) is 8.93. The van der Waals surface area contributed by atoms with E-state index in [0.29, 0.717) is 0 Å². The minimum atomic E-state index is -3.11. The van der Waals surface area contributed by atoms with Gasteiger partial charge in [0.2, 0.25) is 0 Å². The van der Waals surface area contributed by atoms with Crippen molar-refractivity contribution in [3.8, 4) is 0 Å². The summed E-state index contributed by atoms with van der Waals surface area (Å²) < 4.78 is 0. The van der Waals surface area contributed by atoms with Crippen LogP contribution in [-0.4, -0.2) is 11.1 Å².